The highest BCUT2D eigenvalue weighted by Gasteiger charge is 2.52. The van der Waals surface area contributed by atoms with Crippen LogP contribution in [0, 0.1) is 11.5 Å². The predicted molar refractivity (Wildman–Crippen MR) is 137 cm³/mol. The molecule has 154 valence electrons. The molecule has 0 radical (unpaired) electrons. The van der Waals surface area contributed by atoms with Gasteiger partial charge in [-0.1, -0.05) is 123 Å². The molecule has 0 aromatic heterocycles. The first kappa shape index (κ1) is 19.4. The molecule has 0 N–H and O–H groups in total. The van der Waals surface area contributed by atoms with Crippen LogP contribution in [0.2, 0.25) is 19.6 Å². The Morgan fingerprint density at radius 1 is 0.625 bits per heavy atom. The average Bonchev–Trinajstić information content (AvgIpc) is 2.82. The van der Waals surface area contributed by atoms with Crippen LogP contribution >= 0.6 is 0 Å². The maximum atomic E-state index is 3.95. The molecule has 0 fully saturated rings. The van der Waals surface area contributed by atoms with Gasteiger partial charge in [0.25, 0.3) is 0 Å². The molecule has 4 aromatic carbocycles. The van der Waals surface area contributed by atoms with E-state index in [0.29, 0.717) is 0 Å². The highest BCUT2D eigenvalue weighted by molar-refractivity contribution is 6.83. The maximum absolute atomic E-state index is 3.95. The highest BCUT2D eigenvalue weighted by Crippen LogP contribution is 2.60. The molecule has 4 aromatic rings. The van der Waals surface area contributed by atoms with Crippen LogP contribution < -0.4 is 0 Å². The van der Waals surface area contributed by atoms with Gasteiger partial charge in [-0.05, 0) is 44.5 Å². The zero-order valence-corrected chi connectivity index (χ0v) is 19.8. The van der Waals surface area contributed by atoms with E-state index in [4.69, 9.17) is 0 Å². The van der Waals surface area contributed by atoms with E-state index in [9.17, 15) is 0 Å². The van der Waals surface area contributed by atoms with Gasteiger partial charge in [0.2, 0.25) is 0 Å². The second kappa shape index (κ2) is 6.83. The fourth-order valence-electron chi connectivity index (χ4n) is 5.66. The van der Waals surface area contributed by atoms with E-state index < -0.39 is 13.5 Å². The van der Waals surface area contributed by atoms with Crippen molar-refractivity contribution in [3.8, 4) is 22.6 Å². The van der Waals surface area contributed by atoms with Crippen molar-refractivity contribution in [3.05, 3.63) is 130 Å². The Morgan fingerprint density at radius 2 is 1.19 bits per heavy atom. The van der Waals surface area contributed by atoms with Gasteiger partial charge in [0.1, 0.15) is 13.5 Å². The van der Waals surface area contributed by atoms with Crippen molar-refractivity contribution in [1.82, 2.24) is 0 Å². The van der Waals surface area contributed by atoms with Crippen LogP contribution in [0.15, 0.2) is 97.1 Å². The van der Waals surface area contributed by atoms with Gasteiger partial charge < -0.3 is 0 Å². The van der Waals surface area contributed by atoms with E-state index in [1.54, 1.807) is 0 Å². The molecule has 0 spiro atoms. The second-order valence-corrected chi connectivity index (χ2v) is 14.7. The lowest BCUT2D eigenvalue weighted by Gasteiger charge is -2.49. The Morgan fingerprint density at radius 3 is 1.81 bits per heavy atom. The Balaban J connectivity index is 1.81. The third-order valence-electron chi connectivity index (χ3n) is 6.84. The molecule has 2 bridgehead atoms. The first-order valence-electron chi connectivity index (χ1n) is 11.4. The molecule has 0 saturated heterocycles. The molecule has 7 rings (SSSR count). The summed E-state index contributed by atoms with van der Waals surface area (Å²) in [5.41, 5.74) is 14.3. The number of rotatable bonds is 1. The highest BCUT2D eigenvalue weighted by atomic mass is 28.3. The minimum Gasteiger partial charge on any atom is -0.130 e. The fraction of sp³-hybridized carbons (Fsp3) is 0.161. The van der Waals surface area contributed by atoms with E-state index >= 15 is 0 Å². The van der Waals surface area contributed by atoms with Gasteiger partial charge in [-0.3, -0.25) is 0 Å². The monoisotopic (exact) mass is 426 g/mol. The molecule has 0 heterocycles. The summed E-state index contributed by atoms with van der Waals surface area (Å²) in [7, 11) is -1.61. The smallest absolute Gasteiger partial charge is 0.129 e. The Kier molecular flexibility index (Phi) is 4.13. The van der Waals surface area contributed by atoms with Gasteiger partial charge in [-0.25, -0.2) is 0 Å². The van der Waals surface area contributed by atoms with Crippen molar-refractivity contribution in [3.63, 3.8) is 0 Å². The zero-order chi connectivity index (χ0) is 21.9. The van der Waals surface area contributed by atoms with E-state index in [2.05, 4.69) is 128 Å². The zero-order valence-electron chi connectivity index (χ0n) is 18.8. The minimum atomic E-state index is -1.61. The lowest BCUT2D eigenvalue weighted by molar-refractivity contribution is 0.668. The molecule has 0 atom stereocenters. The van der Waals surface area contributed by atoms with Crippen molar-refractivity contribution in [1.29, 1.82) is 0 Å². The van der Waals surface area contributed by atoms with Crippen molar-refractivity contribution in [2.45, 2.75) is 31.0 Å². The van der Waals surface area contributed by atoms with Crippen molar-refractivity contribution in [2.24, 2.45) is 0 Å². The van der Waals surface area contributed by atoms with Gasteiger partial charge in [-0.2, -0.15) is 0 Å². The Hall–Kier alpha value is -3.34. The standard InChI is InChI=1S/C31H26Si/c1-32(2,3)21-20-31-27-18-9-7-14-24(27)29(25-15-8-10-19-28(25)31)26-17-11-16-23(30(26)31)22-12-5-4-6-13-22/h4-19,29H,1-3H3. The molecule has 32 heavy (non-hydrogen) atoms. The van der Waals surface area contributed by atoms with Gasteiger partial charge in [0.05, 0.1) is 0 Å². The van der Waals surface area contributed by atoms with Crippen LogP contribution in [0.1, 0.15) is 39.3 Å². The first-order chi connectivity index (χ1) is 15.5. The molecule has 0 unspecified atom stereocenters. The van der Waals surface area contributed by atoms with Crippen LogP contribution in [0.3, 0.4) is 0 Å². The van der Waals surface area contributed by atoms with E-state index in [1.165, 1.54) is 44.5 Å². The third-order valence-corrected chi connectivity index (χ3v) is 7.72. The predicted octanol–water partition coefficient (Wildman–Crippen LogP) is 7.38. The minimum absolute atomic E-state index is 0.261. The normalized spacial score (nSPS) is 19.9. The molecule has 1 heteroatoms. The van der Waals surface area contributed by atoms with E-state index in [1.807, 2.05) is 0 Å². The summed E-state index contributed by atoms with van der Waals surface area (Å²) in [6, 6.07) is 35.7. The number of hydrogen-bond donors (Lipinski definition) is 0. The van der Waals surface area contributed by atoms with E-state index in [-0.39, 0.29) is 5.92 Å². The van der Waals surface area contributed by atoms with Crippen LogP contribution in [-0.4, -0.2) is 8.07 Å². The fourth-order valence-corrected chi connectivity index (χ4v) is 6.23. The van der Waals surface area contributed by atoms with Crippen molar-refractivity contribution in [2.75, 3.05) is 0 Å². The number of hydrogen-bond acceptors (Lipinski definition) is 0. The molecular weight excluding hydrogens is 400 g/mol. The van der Waals surface area contributed by atoms with Gasteiger partial charge >= 0.3 is 0 Å². The van der Waals surface area contributed by atoms with Gasteiger partial charge in [0.15, 0.2) is 0 Å². The van der Waals surface area contributed by atoms with Crippen LogP contribution in [-0.2, 0) is 5.41 Å². The van der Waals surface area contributed by atoms with Gasteiger partial charge in [-0.15, -0.1) is 5.54 Å². The summed E-state index contributed by atoms with van der Waals surface area (Å²) in [5, 5.41) is 0. The summed E-state index contributed by atoms with van der Waals surface area (Å²) in [5.74, 6) is 4.21. The Bertz CT molecular complexity index is 1360. The summed E-state index contributed by atoms with van der Waals surface area (Å²) in [6.07, 6.45) is 0. The van der Waals surface area contributed by atoms with Crippen molar-refractivity contribution < 1.29 is 0 Å². The molecule has 0 aliphatic heterocycles. The van der Waals surface area contributed by atoms with Gasteiger partial charge in [0, 0.05) is 5.92 Å². The quantitative estimate of drug-likeness (QED) is 0.220. The molecule has 3 aliphatic carbocycles. The summed E-state index contributed by atoms with van der Waals surface area (Å²) in [6.45, 7) is 7.02. The van der Waals surface area contributed by atoms with Crippen LogP contribution in [0.5, 0.6) is 0 Å². The summed E-state index contributed by atoms with van der Waals surface area (Å²) >= 11 is 0. The second-order valence-electron chi connectivity index (χ2n) is 9.99. The first-order valence-corrected chi connectivity index (χ1v) is 14.9. The SMILES string of the molecule is C[Si](C)(C)C#CC12c3ccccc3C(c3ccccc31)c1cccc(-c3ccccc3)c12. The topological polar surface area (TPSA) is 0 Å². The average molecular weight is 427 g/mol. The molecule has 0 nitrogen and oxygen atoms in total. The summed E-state index contributed by atoms with van der Waals surface area (Å²) < 4.78 is 0. The largest absolute Gasteiger partial charge is 0.130 e. The summed E-state index contributed by atoms with van der Waals surface area (Å²) in [4.78, 5) is 0. The molecule has 0 amide bonds. The maximum Gasteiger partial charge on any atom is 0.129 e. The molecule has 0 saturated carbocycles. The lowest BCUT2D eigenvalue weighted by Crippen LogP contribution is -2.42. The number of benzene rings is 4. The van der Waals surface area contributed by atoms with Crippen LogP contribution in [0.4, 0.5) is 0 Å². The Labute approximate surface area is 192 Å². The van der Waals surface area contributed by atoms with E-state index in [0.717, 1.165) is 0 Å². The van der Waals surface area contributed by atoms with Crippen LogP contribution in [0.25, 0.3) is 11.1 Å². The lowest BCUT2D eigenvalue weighted by atomic mass is 9.52. The molecule has 3 aliphatic rings. The molecular formula is C31H26Si. The van der Waals surface area contributed by atoms with Crippen molar-refractivity contribution >= 4 is 8.07 Å². The third kappa shape index (κ3) is 2.63.